The normalized spacial score (nSPS) is 17.1. The zero-order valence-corrected chi connectivity index (χ0v) is 18.3. The summed E-state index contributed by atoms with van der Waals surface area (Å²) in [5.41, 5.74) is -3.03. The molecule has 1 aromatic carbocycles. The van der Waals surface area contributed by atoms with Gasteiger partial charge in [0, 0.05) is 7.11 Å². The van der Waals surface area contributed by atoms with Crippen LogP contribution in [0.4, 0.5) is 13.2 Å². The van der Waals surface area contributed by atoms with Gasteiger partial charge in [0.15, 0.2) is 11.6 Å². The van der Waals surface area contributed by atoms with Crippen molar-refractivity contribution < 1.29 is 31.6 Å². The van der Waals surface area contributed by atoms with E-state index in [1.54, 1.807) is 24.3 Å². The number of para-hydroxylation sites is 1. The number of aromatic nitrogens is 3. The van der Waals surface area contributed by atoms with Crippen molar-refractivity contribution in [1.82, 2.24) is 15.1 Å². The first-order valence-corrected chi connectivity index (χ1v) is 10.7. The third-order valence-corrected chi connectivity index (χ3v) is 5.97. The summed E-state index contributed by atoms with van der Waals surface area (Å²) in [6.07, 6.45) is -3.20. The number of hydrogen-bond donors (Lipinski definition) is 1. The standard InChI is InChI=1S/C21H21ClF3N3O5/c1-30-11-13-15(32-18(26-13)20(21(23,24)25)9-5-2-6-10-20)16(22)31-14-8-4-3-7-12(14)17-27-19(29)33-28-17/h3-4,7-8,16H,2,5-6,9-11H2,1H3,(H,27,28,29). The fourth-order valence-electron chi connectivity index (χ4n) is 4.04. The van der Waals surface area contributed by atoms with Crippen molar-refractivity contribution in [1.29, 1.82) is 0 Å². The highest BCUT2D eigenvalue weighted by Crippen LogP contribution is 2.51. The number of rotatable bonds is 7. The highest BCUT2D eigenvalue weighted by atomic mass is 35.5. The number of hydrogen-bond acceptors (Lipinski definition) is 7. The topological polar surface area (TPSA) is 103 Å². The van der Waals surface area contributed by atoms with E-state index in [1.807, 2.05) is 0 Å². The van der Waals surface area contributed by atoms with Crippen LogP contribution in [0.3, 0.4) is 0 Å². The van der Waals surface area contributed by atoms with E-state index in [-0.39, 0.29) is 42.5 Å². The van der Waals surface area contributed by atoms with Gasteiger partial charge in [-0.25, -0.2) is 9.78 Å². The second-order valence-electron chi connectivity index (χ2n) is 7.78. The number of H-pyrrole nitrogens is 1. The molecular formula is C21H21ClF3N3O5. The zero-order valence-electron chi connectivity index (χ0n) is 17.6. The molecule has 0 amide bonds. The average molecular weight is 488 g/mol. The van der Waals surface area contributed by atoms with Gasteiger partial charge < -0.3 is 13.9 Å². The minimum atomic E-state index is -4.53. The van der Waals surface area contributed by atoms with E-state index in [0.717, 1.165) is 6.42 Å². The van der Waals surface area contributed by atoms with Gasteiger partial charge in [-0.3, -0.25) is 9.51 Å². The second-order valence-corrected chi connectivity index (χ2v) is 8.17. The molecule has 0 aliphatic heterocycles. The van der Waals surface area contributed by atoms with Crippen molar-refractivity contribution >= 4 is 11.6 Å². The third kappa shape index (κ3) is 4.51. The lowest BCUT2D eigenvalue weighted by Gasteiger charge is -2.36. The van der Waals surface area contributed by atoms with Crippen molar-refractivity contribution in [2.75, 3.05) is 7.11 Å². The van der Waals surface area contributed by atoms with Gasteiger partial charge in [-0.1, -0.05) is 48.2 Å². The number of nitrogens with zero attached hydrogens (tertiary/aromatic N) is 2. The molecule has 33 heavy (non-hydrogen) atoms. The van der Waals surface area contributed by atoms with E-state index in [9.17, 15) is 18.0 Å². The number of oxazole rings is 1. The van der Waals surface area contributed by atoms with E-state index in [2.05, 4.69) is 19.6 Å². The molecular weight excluding hydrogens is 467 g/mol. The number of aromatic amines is 1. The van der Waals surface area contributed by atoms with E-state index >= 15 is 0 Å². The summed E-state index contributed by atoms with van der Waals surface area (Å²) in [7, 11) is 1.39. The molecule has 12 heteroatoms. The Hall–Kier alpha value is -2.79. The first kappa shape index (κ1) is 23.4. The van der Waals surface area contributed by atoms with Crippen LogP contribution in [0.2, 0.25) is 0 Å². The summed E-state index contributed by atoms with van der Waals surface area (Å²) >= 11 is 6.45. The van der Waals surface area contributed by atoms with Gasteiger partial charge in [0.1, 0.15) is 16.9 Å². The smallest absolute Gasteiger partial charge is 0.439 e. The van der Waals surface area contributed by atoms with Crippen LogP contribution in [0.25, 0.3) is 11.4 Å². The maximum Gasteiger partial charge on any atom is 0.439 e. The Balaban J connectivity index is 1.70. The lowest BCUT2D eigenvalue weighted by molar-refractivity contribution is -0.206. The Labute approximate surface area is 191 Å². The van der Waals surface area contributed by atoms with Crippen molar-refractivity contribution in [3.8, 4) is 17.1 Å². The molecule has 0 spiro atoms. The first-order chi connectivity index (χ1) is 15.7. The summed E-state index contributed by atoms with van der Waals surface area (Å²) in [6, 6.07) is 6.50. The predicted octanol–water partition coefficient (Wildman–Crippen LogP) is 5.24. The SMILES string of the molecule is COCc1nc(C2(C(F)(F)F)CCCCC2)oc1C(Cl)Oc1ccccc1-c1noc(=O)[nH]1. The summed E-state index contributed by atoms with van der Waals surface area (Å²) in [4.78, 5) is 17.9. The van der Waals surface area contributed by atoms with E-state index in [0.29, 0.717) is 18.4 Å². The molecule has 1 N–H and O–H groups in total. The summed E-state index contributed by atoms with van der Waals surface area (Å²) < 4.78 is 63.6. The number of ether oxygens (including phenoxy) is 2. The van der Waals surface area contributed by atoms with Crippen molar-refractivity contribution in [3.63, 3.8) is 0 Å². The Bertz CT molecular complexity index is 1150. The highest BCUT2D eigenvalue weighted by molar-refractivity contribution is 6.19. The molecule has 1 atom stereocenters. The van der Waals surface area contributed by atoms with Gasteiger partial charge in [0.2, 0.25) is 11.5 Å². The molecule has 8 nitrogen and oxygen atoms in total. The maximum absolute atomic E-state index is 14.2. The minimum absolute atomic E-state index is 0.0776. The quantitative estimate of drug-likeness (QED) is 0.454. The van der Waals surface area contributed by atoms with Gasteiger partial charge in [0.25, 0.3) is 0 Å². The molecule has 178 valence electrons. The molecule has 4 rings (SSSR count). The van der Waals surface area contributed by atoms with E-state index < -0.39 is 28.8 Å². The molecule has 2 aromatic heterocycles. The van der Waals surface area contributed by atoms with Crippen molar-refractivity contribution in [3.05, 3.63) is 52.2 Å². The number of methoxy groups -OCH3 is 1. The van der Waals surface area contributed by atoms with Crippen LogP contribution >= 0.6 is 11.6 Å². The maximum atomic E-state index is 14.2. The highest BCUT2D eigenvalue weighted by Gasteiger charge is 2.59. The van der Waals surface area contributed by atoms with Gasteiger partial charge in [-0.05, 0) is 25.0 Å². The molecule has 1 aliphatic rings. The number of halogens is 4. The van der Waals surface area contributed by atoms with Crippen LogP contribution in [-0.4, -0.2) is 28.4 Å². The van der Waals surface area contributed by atoms with Crippen LogP contribution in [-0.2, 0) is 16.8 Å². The first-order valence-electron chi connectivity index (χ1n) is 10.3. The molecule has 1 unspecified atom stereocenters. The average Bonchev–Trinajstić information content (AvgIpc) is 3.41. The number of alkyl halides is 4. The zero-order chi connectivity index (χ0) is 23.6. The lowest BCUT2D eigenvalue weighted by atomic mass is 9.73. The van der Waals surface area contributed by atoms with Crippen LogP contribution < -0.4 is 10.5 Å². The molecule has 0 saturated heterocycles. The molecule has 3 aromatic rings. The van der Waals surface area contributed by atoms with Gasteiger partial charge in [-0.15, -0.1) is 0 Å². The van der Waals surface area contributed by atoms with E-state index in [4.69, 9.17) is 25.5 Å². The van der Waals surface area contributed by atoms with Crippen LogP contribution in [0.5, 0.6) is 5.75 Å². The Morgan fingerprint density at radius 3 is 2.61 bits per heavy atom. The predicted molar refractivity (Wildman–Crippen MR) is 110 cm³/mol. The molecule has 1 saturated carbocycles. The molecule has 1 aliphatic carbocycles. The van der Waals surface area contributed by atoms with Gasteiger partial charge in [0.05, 0.1) is 12.2 Å². The van der Waals surface area contributed by atoms with Crippen LogP contribution in [0.1, 0.15) is 55.0 Å². The van der Waals surface area contributed by atoms with Gasteiger partial charge >= 0.3 is 11.9 Å². The monoisotopic (exact) mass is 487 g/mol. The molecule has 2 heterocycles. The second kappa shape index (κ2) is 9.22. The Morgan fingerprint density at radius 1 is 1.24 bits per heavy atom. The Kier molecular flexibility index (Phi) is 6.53. The van der Waals surface area contributed by atoms with Crippen LogP contribution in [0.15, 0.2) is 38.0 Å². The number of nitrogens with one attached hydrogen (secondary N) is 1. The fourth-order valence-corrected chi connectivity index (χ4v) is 4.30. The van der Waals surface area contributed by atoms with Crippen LogP contribution in [0, 0.1) is 0 Å². The fraction of sp³-hybridized carbons (Fsp3) is 0.476. The largest absolute Gasteiger partial charge is 0.466 e. The number of benzene rings is 1. The third-order valence-electron chi connectivity index (χ3n) is 5.69. The molecule has 1 fully saturated rings. The van der Waals surface area contributed by atoms with Gasteiger partial charge in [-0.2, -0.15) is 13.2 Å². The minimum Gasteiger partial charge on any atom is -0.466 e. The van der Waals surface area contributed by atoms with Crippen molar-refractivity contribution in [2.24, 2.45) is 0 Å². The summed E-state index contributed by atoms with van der Waals surface area (Å²) in [5.74, 6) is -0.958. The van der Waals surface area contributed by atoms with E-state index in [1.165, 1.54) is 7.11 Å². The molecule has 0 bridgehead atoms. The lowest BCUT2D eigenvalue weighted by Crippen LogP contribution is -2.44. The van der Waals surface area contributed by atoms with Crippen molar-refractivity contribution in [2.45, 2.75) is 55.9 Å². The molecule has 0 radical (unpaired) electrons. The Morgan fingerprint density at radius 2 is 1.97 bits per heavy atom. The summed E-state index contributed by atoms with van der Waals surface area (Å²) in [5, 5.41) is 3.63. The summed E-state index contributed by atoms with van der Waals surface area (Å²) in [6.45, 7) is -0.113.